The molecule has 1 fully saturated rings. The smallest absolute Gasteiger partial charge is 0.242 e. The number of benzene rings is 1. The number of hydrogen-bond donors (Lipinski definition) is 2. The fourth-order valence-electron chi connectivity index (χ4n) is 1.94. The lowest BCUT2D eigenvalue weighted by Gasteiger charge is -2.22. The molecule has 1 saturated heterocycles. The molecule has 1 aromatic rings. The van der Waals surface area contributed by atoms with Gasteiger partial charge in [0.15, 0.2) is 0 Å². The van der Waals surface area contributed by atoms with Crippen LogP contribution in [-0.2, 0) is 4.79 Å². The first kappa shape index (κ1) is 13.4. The van der Waals surface area contributed by atoms with E-state index in [1.54, 1.807) is 0 Å². The zero-order valence-corrected chi connectivity index (χ0v) is 11.7. The van der Waals surface area contributed by atoms with Gasteiger partial charge in [0.1, 0.15) is 0 Å². The highest BCUT2D eigenvalue weighted by Crippen LogP contribution is 2.19. The van der Waals surface area contributed by atoms with Crippen molar-refractivity contribution in [2.45, 2.75) is 25.8 Å². The summed E-state index contributed by atoms with van der Waals surface area (Å²) in [7, 11) is 0. The van der Waals surface area contributed by atoms with E-state index in [1.807, 2.05) is 23.9 Å². The summed E-state index contributed by atoms with van der Waals surface area (Å²) in [5.41, 5.74) is 2.14. The first-order valence-electron chi connectivity index (χ1n) is 6.39. The second-order valence-corrected chi connectivity index (χ2v) is 6.00. The molecule has 1 unspecified atom stereocenters. The third-order valence-electron chi connectivity index (χ3n) is 3.06. The van der Waals surface area contributed by atoms with Crippen molar-refractivity contribution < 1.29 is 4.79 Å². The molecule has 0 aromatic heterocycles. The number of rotatable bonds is 3. The molecule has 0 saturated carbocycles. The number of carbonyl (C=O) groups excluding carboxylic acids is 1. The first-order chi connectivity index (χ1) is 8.66. The van der Waals surface area contributed by atoms with Crippen LogP contribution in [0.25, 0.3) is 0 Å². The van der Waals surface area contributed by atoms with Crippen LogP contribution in [0, 0.1) is 0 Å². The second-order valence-electron chi connectivity index (χ2n) is 4.85. The molecule has 3 nitrogen and oxygen atoms in total. The van der Waals surface area contributed by atoms with E-state index < -0.39 is 0 Å². The van der Waals surface area contributed by atoms with E-state index in [-0.39, 0.29) is 11.9 Å². The van der Waals surface area contributed by atoms with Gasteiger partial charge in [-0.3, -0.25) is 4.79 Å². The van der Waals surface area contributed by atoms with Gasteiger partial charge < -0.3 is 10.6 Å². The van der Waals surface area contributed by atoms with Crippen molar-refractivity contribution in [3.63, 3.8) is 0 Å². The monoisotopic (exact) mass is 264 g/mol. The second kappa shape index (κ2) is 6.25. The van der Waals surface area contributed by atoms with Crippen LogP contribution in [0.3, 0.4) is 0 Å². The zero-order valence-electron chi connectivity index (χ0n) is 10.9. The third kappa shape index (κ3) is 3.50. The summed E-state index contributed by atoms with van der Waals surface area (Å²) in [6.45, 7) is 5.22. The van der Waals surface area contributed by atoms with E-state index in [2.05, 4.69) is 36.6 Å². The summed E-state index contributed by atoms with van der Waals surface area (Å²) in [6, 6.07) is 8.02. The average Bonchev–Trinajstić information content (AvgIpc) is 2.40. The molecule has 1 aliphatic rings. The fraction of sp³-hybridized carbons (Fsp3) is 0.500. The van der Waals surface area contributed by atoms with E-state index in [9.17, 15) is 4.79 Å². The highest BCUT2D eigenvalue weighted by molar-refractivity contribution is 7.99. The Morgan fingerprint density at radius 3 is 3.00 bits per heavy atom. The lowest BCUT2D eigenvalue weighted by atomic mass is 10.0. The van der Waals surface area contributed by atoms with Gasteiger partial charge >= 0.3 is 0 Å². The van der Waals surface area contributed by atoms with Gasteiger partial charge in [-0.1, -0.05) is 26.0 Å². The Kier molecular flexibility index (Phi) is 4.66. The molecule has 0 radical (unpaired) electrons. The molecule has 0 aliphatic carbocycles. The van der Waals surface area contributed by atoms with E-state index in [0.717, 1.165) is 23.7 Å². The minimum atomic E-state index is -0.0635. The standard InChI is InChI=1S/C14H20N2OS/c1-10(2)11-4-3-5-12(8-11)16-14(17)13-9-18-7-6-15-13/h3-5,8,10,13,15H,6-7,9H2,1-2H3,(H,16,17). The largest absolute Gasteiger partial charge is 0.325 e. The summed E-state index contributed by atoms with van der Waals surface area (Å²) >= 11 is 1.83. The van der Waals surface area contributed by atoms with Gasteiger partial charge in [0.05, 0.1) is 6.04 Å². The maximum absolute atomic E-state index is 12.1. The van der Waals surface area contributed by atoms with E-state index in [4.69, 9.17) is 0 Å². The summed E-state index contributed by atoms with van der Waals surface area (Å²) in [5, 5.41) is 6.24. The normalized spacial score (nSPS) is 19.8. The number of hydrogen-bond acceptors (Lipinski definition) is 3. The Labute approximate surface area is 113 Å². The number of amides is 1. The van der Waals surface area contributed by atoms with Crippen LogP contribution in [0.15, 0.2) is 24.3 Å². The third-order valence-corrected chi connectivity index (χ3v) is 4.12. The van der Waals surface area contributed by atoms with Crippen LogP contribution in [-0.4, -0.2) is 30.0 Å². The van der Waals surface area contributed by atoms with Gasteiger partial charge in [-0.05, 0) is 23.6 Å². The number of nitrogens with one attached hydrogen (secondary N) is 2. The van der Waals surface area contributed by atoms with Crippen molar-refractivity contribution in [3.8, 4) is 0 Å². The first-order valence-corrected chi connectivity index (χ1v) is 7.54. The Balaban J connectivity index is 1.99. The van der Waals surface area contributed by atoms with Crippen LogP contribution in [0.1, 0.15) is 25.3 Å². The number of carbonyl (C=O) groups is 1. The Hall–Kier alpha value is -1.00. The lowest BCUT2D eigenvalue weighted by Crippen LogP contribution is -2.46. The average molecular weight is 264 g/mol. The lowest BCUT2D eigenvalue weighted by molar-refractivity contribution is -0.117. The fourth-order valence-corrected chi connectivity index (χ4v) is 2.87. The van der Waals surface area contributed by atoms with Gasteiger partial charge in [0, 0.05) is 23.7 Å². The quantitative estimate of drug-likeness (QED) is 0.881. The van der Waals surface area contributed by atoms with Crippen molar-refractivity contribution in [1.29, 1.82) is 0 Å². The highest BCUT2D eigenvalue weighted by Gasteiger charge is 2.20. The molecular weight excluding hydrogens is 244 g/mol. The van der Waals surface area contributed by atoms with E-state index in [1.165, 1.54) is 5.56 Å². The Bertz CT molecular complexity index is 414. The number of anilines is 1. The minimum Gasteiger partial charge on any atom is -0.325 e. The SMILES string of the molecule is CC(C)c1cccc(NC(=O)C2CSCCN2)c1. The highest BCUT2D eigenvalue weighted by atomic mass is 32.2. The molecule has 1 atom stereocenters. The summed E-state index contributed by atoms with van der Waals surface area (Å²) in [4.78, 5) is 12.1. The maximum atomic E-state index is 12.1. The van der Waals surface area contributed by atoms with Crippen molar-refractivity contribution >= 4 is 23.4 Å². The van der Waals surface area contributed by atoms with Gasteiger partial charge in [0.2, 0.25) is 5.91 Å². The number of thioether (sulfide) groups is 1. The Morgan fingerprint density at radius 1 is 1.50 bits per heavy atom. The predicted octanol–water partition coefficient (Wildman–Crippen LogP) is 2.45. The molecule has 18 heavy (non-hydrogen) atoms. The molecule has 4 heteroatoms. The summed E-state index contributed by atoms with van der Waals surface area (Å²) in [6.07, 6.45) is 0. The minimum absolute atomic E-state index is 0.0635. The van der Waals surface area contributed by atoms with Crippen LogP contribution in [0.5, 0.6) is 0 Å². The molecule has 2 rings (SSSR count). The van der Waals surface area contributed by atoms with Gasteiger partial charge in [-0.15, -0.1) is 0 Å². The van der Waals surface area contributed by atoms with E-state index in [0.29, 0.717) is 5.92 Å². The zero-order chi connectivity index (χ0) is 13.0. The van der Waals surface area contributed by atoms with Gasteiger partial charge in [0.25, 0.3) is 0 Å². The molecule has 1 aliphatic heterocycles. The van der Waals surface area contributed by atoms with Crippen molar-refractivity contribution in [2.75, 3.05) is 23.4 Å². The molecule has 0 spiro atoms. The van der Waals surface area contributed by atoms with Crippen molar-refractivity contribution in [2.24, 2.45) is 0 Å². The van der Waals surface area contributed by atoms with Crippen LogP contribution in [0.4, 0.5) is 5.69 Å². The maximum Gasteiger partial charge on any atom is 0.242 e. The summed E-state index contributed by atoms with van der Waals surface area (Å²) in [5.74, 6) is 2.50. The van der Waals surface area contributed by atoms with Crippen molar-refractivity contribution in [3.05, 3.63) is 29.8 Å². The molecular formula is C14H20N2OS. The van der Waals surface area contributed by atoms with Crippen LogP contribution < -0.4 is 10.6 Å². The van der Waals surface area contributed by atoms with Gasteiger partial charge in [-0.2, -0.15) is 11.8 Å². The topological polar surface area (TPSA) is 41.1 Å². The molecule has 1 amide bonds. The Morgan fingerprint density at radius 2 is 2.33 bits per heavy atom. The molecule has 98 valence electrons. The van der Waals surface area contributed by atoms with Crippen molar-refractivity contribution in [1.82, 2.24) is 5.32 Å². The molecule has 1 aromatic carbocycles. The van der Waals surface area contributed by atoms with Crippen LogP contribution >= 0.6 is 11.8 Å². The predicted molar refractivity (Wildman–Crippen MR) is 78.3 cm³/mol. The molecule has 0 bridgehead atoms. The van der Waals surface area contributed by atoms with E-state index >= 15 is 0 Å². The van der Waals surface area contributed by atoms with Gasteiger partial charge in [-0.25, -0.2) is 0 Å². The molecule has 2 N–H and O–H groups in total. The molecule has 1 heterocycles. The van der Waals surface area contributed by atoms with Crippen LogP contribution in [0.2, 0.25) is 0 Å². The summed E-state index contributed by atoms with van der Waals surface area (Å²) < 4.78 is 0.